The number of rotatable bonds is 5. The Bertz CT molecular complexity index is 789. The van der Waals surface area contributed by atoms with E-state index in [2.05, 4.69) is 15.2 Å². The first kappa shape index (κ1) is 18.0. The second-order valence-electron chi connectivity index (χ2n) is 6.85. The summed E-state index contributed by atoms with van der Waals surface area (Å²) in [6.45, 7) is 3.57. The molecule has 2 aliphatic rings. The van der Waals surface area contributed by atoms with Crippen LogP contribution in [0.5, 0.6) is 11.5 Å². The van der Waals surface area contributed by atoms with E-state index in [4.69, 9.17) is 14.2 Å². The second-order valence-corrected chi connectivity index (χ2v) is 6.85. The van der Waals surface area contributed by atoms with Gasteiger partial charge in [-0.15, -0.1) is 0 Å². The second kappa shape index (κ2) is 8.10. The highest BCUT2D eigenvalue weighted by Crippen LogP contribution is 2.34. The summed E-state index contributed by atoms with van der Waals surface area (Å²) >= 11 is 0. The van der Waals surface area contributed by atoms with Gasteiger partial charge >= 0.3 is 0 Å². The molecule has 1 aromatic heterocycles. The van der Waals surface area contributed by atoms with Crippen molar-refractivity contribution in [1.29, 1.82) is 0 Å². The zero-order valence-corrected chi connectivity index (χ0v) is 15.4. The Morgan fingerprint density at radius 2 is 2.26 bits per heavy atom. The maximum atomic E-state index is 13.5. The number of hydrogen-bond donors (Lipinski definition) is 1. The number of fused-ring (bicyclic) bond motifs is 1. The van der Waals surface area contributed by atoms with Crippen molar-refractivity contribution >= 4 is 5.82 Å². The highest BCUT2D eigenvalue weighted by Gasteiger charge is 2.31. The van der Waals surface area contributed by atoms with E-state index in [0.29, 0.717) is 24.7 Å². The molecule has 27 heavy (non-hydrogen) atoms. The molecule has 1 N–H and O–H groups in total. The van der Waals surface area contributed by atoms with Crippen LogP contribution >= 0.6 is 0 Å². The molecule has 1 saturated heterocycles. The summed E-state index contributed by atoms with van der Waals surface area (Å²) < 4.78 is 30.6. The van der Waals surface area contributed by atoms with E-state index in [1.54, 1.807) is 13.2 Å². The summed E-state index contributed by atoms with van der Waals surface area (Å²) in [6.07, 6.45) is 2.43. The van der Waals surface area contributed by atoms with Crippen LogP contribution in [0.4, 0.5) is 10.2 Å². The zero-order chi connectivity index (χ0) is 18.6. The number of aromatic nitrogens is 1. The molecule has 0 aliphatic carbocycles. The molecule has 144 valence electrons. The van der Waals surface area contributed by atoms with Gasteiger partial charge in [0.2, 0.25) is 0 Å². The van der Waals surface area contributed by atoms with Crippen molar-refractivity contribution in [2.75, 3.05) is 38.3 Å². The van der Waals surface area contributed by atoms with Crippen LogP contribution in [0, 0.1) is 5.82 Å². The predicted molar refractivity (Wildman–Crippen MR) is 99.9 cm³/mol. The van der Waals surface area contributed by atoms with Crippen molar-refractivity contribution in [2.45, 2.75) is 25.2 Å². The molecule has 2 aromatic rings. The average Bonchev–Trinajstić information content (AvgIpc) is 2.69. The number of piperazine rings is 1. The molecule has 4 rings (SSSR count). The fourth-order valence-corrected chi connectivity index (χ4v) is 3.72. The summed E-state index contributed by atoms with van der Waals surface area (Å²) in [6, 6.07) is 8.55. The lowest BCUT2D eigenvalue weighted by atomic mass is 10.0. The third kappa shape index (κ3) is 3.99. The minimum atomic E-state index is -0.323. The third-order valence-corrected chi connectivity index (χ3v) is 4.95. The van der Waals surface area contributed by atoms with Gasteiger partial charge in [0.15, 0.2) is 11.5 Å². The van der Waals surface area contributed by atoms with Crippen molar-refractivity contribution in [2.24, 2.45) is 0 Å². The number of ether oxygens (including phenoxy) is 3. The lowest BCUT2D eigenvalue weighted by Crippen LogP contribution is -2.54. The van der Waals surface area contributed by atoms with Gasteiger partial charge in [0, 0.05) is 57.0 Å². The molecule has 1 aromatic carbocycles. The van der Waals surface area contributed by atoms with E-state index in [1.165, 1.54) is 12.1 Å². The Labute approximate surface area is 158 Å². The van der Waals surface area contributed by atoms with Gasteiger partial charge in [-0.1, -0.05) is 6.07 Å². The molecule has 1 fully saturated rings. The van der Waals surface area contributed by atoms with Crippen LogP contribution in [0.15, 0.2) is 36.5 Å². The first-order valence-corrected chi connectivity index (χ1v) is 9.24. The minimum Gasteiger partial charge on any atom is -0.486 e. The van der Waals surface area contributed by atoms with E-state index in [0.717, 1.165) is 37.4 Å². The zero-order valence-electron chi connectivity index (χ0n) is 15.4. The van der Waals surface area contributed by atoms with E-state index in [9.17, 15) is 4.39 Å². The summed E-state index contributed by atoms with van der Waals surface area (Å²) in [4.78, 5) is 6.92. The molecule has 7 heteroatoms. The van der Waals surface area contributed by atoms with E-state index in [-0.39, 0.29) is 18.0 Å². The molecule has 2 atom stereocenters. The molecule has 0 saturated carbocycles. The van der Waals surface area contributed by atoms with E-state index in [1.807, 2.05) is 18.3 Å². The molecule has 0 bridgehead atoms. The van der Waals surface area contributed by atoms with Crippen molar-refractivity contribution in [1.82, 2.24) is 10.3 Å². The summed E-state index contributed by atoms with van der Waals surface area (Å²) in [5, 5.41) is 3.45. The van der Waals surface area contributed by atoms with Gasteiger partial charge in [-0.2, -0.15) is 0 Å². The fraction of sp³-hybridized carbons (Fsp3) is 0.450. The van der Waals surface area contributed by atoms with Gasteiger partial charge in [-0.25, -0.2) is 9.37 Å². The standard InChI is InChI=1S/C20H24FN3O3/c1-25-12-14-3-2-6-23-20(14)24-8-7-22-11-16(24)10-17-13-26-18-5-4-15(21)9-19(18)27-17/h2-6,9,16-17,22H,7-8,10-13H2,1H3. The van der Waals surface area contributed by atoms with E-state index >= 15 is 0 Å². The first-order valence-electron chi connectivity index (χ1n) is 9.24. The number of benzene rings is 1. The Hall–Kier alpha value is -2.38. The van der Waals surface area contributed by atoms with Gasteiger partial charge in [-0.3, -0.25) is 0 Å². The highest BCUT2D eigenvalue weighted by molar-refractivity contribution is 5.48. The SMILES string of the molecule is COCc1cccnc1N1CCNCC1CC1COc2ccc(F)cc2O1. The Morgan fingerprint density at radius 3 is 3.15 bits per heavy atom. The predicted octanol–water partition coefficient (Wildman–Crippen LogP) is 2.38. The average molecular weight is 373 g/mol. The lowest BCUT2D eigenvalue weighted by molar-refractivity contribution is 0.0774. The summed E-state index contributed by atoms with van der Waals surface area (Å²) in [5.41, 5.74) is 1.07. The van der Waals surface area contributed by atoms with Crippen LogP contribution in [0.25, 0.3) is 0 Å². The fourth-order valence-electron chi connectivity index (χ4n) is 3.72. The molecule has 2 aliphatic heterocycles. The Kier molecular flexibility index (Phi) is 5.40. The molecular weight excluding hydrogens is 349 g/mol. The molecule has 0 amide bonds. The molecule has 0 radical (unpaired) electrons. The topological polar surface area (TPSA) is 55.9 Å². The van der Waals surface area contributed by atoms with Gasteiger partial charge in [0.1, 0.15) is 24.3 Å². The van der Waals surface area contributed by atoms with Crippen molar-refractivity contribution in [3.05, 3.63) is 47.9 Å². The number of nitrogens with zero attached hydrogens (tertiary/aromatic N) is 2. The third-order valence-electron chi connectivity index (χ3n) is 4.95. The smallest absolute Gasteiger partial charge is 0.164 e. The van der Waals surface area contributed by atoms with Crippen LogP contribution in [-0.2, 0) is 11.3 Å². The molecular formula is C20H24FN3O3. The number of pyridine rings is 1. The molecule has 0 spiro atoms. The van der Waals surface area contributed by atoms with Gasteiger partial charge in [0.05, 0.1) is 6.61 Å². The number of anilines is 1. The number of methoxy groups -OCH3 is 1. The van der Waals surface area contributed by atoms with Gasteiger partial charge in [-0.05, 0) is 18.2 Å². The summed E-state index contributed by atoms with van der Waals surface area (Å²) in [7, 11) is 1.69. The van der Waals surface area contributed by atoms with Crippen molar-refractivity contribution in [3.63, 3.8) is 0 Å². The van der Waals surface area contributed by atoms with Gasteiger partial charge in [0.25, 0.3) is 0 Å². The lowest BCUT2D eigenvalue weighted by Gasteiger charge is -2.40. The van der Waals surface area contributed by atoms with Gasteiger partial charge < -0.3 is 24.4 Å². The molecule has 6 nitrogen and oxygen atoms in total. The summed E-state index contributed by atoms with van der Waals surface area (Å²) in [5.74, 6) is 1.70. The number of halogens is 1. The maximum absolute atomic E-state index is 13.5. The largest absolute Gasteiger partial charge is 0.486 e. The quantitative estimate of drug-likeness (QED) is 0.869. The van der Waals surface area contributed by atoms with E-state index < -0.39 is 0 Å². The Balaban J connectivity index is 1.51. The molecule has 2 unspecified atom stereocenters. The first-order chi connectivity index (χ1) is 13.2. The molecule has 3 heterocycles. The van der Waals surface area contributed by atoms with Crippen LogP contribution in [0.3, 0.4) is 0 Å². The van der Waals surface area contributed by atoms with Crippen LogP contribution in [0.1, 0.15) is 12.0 Å². The van der Waals surface area contributed by atoms with Crippen LogP contribution in [0.2, 0.25) is 0 Å². The van der Waals surface area contributed by atoms with Crippen molar-refractivity contribution in [3.8, 4) is 11.5 Å². The van der Waals surface area contributed by atoms with Crippen LogP contribution in [-0.4, -0.2) is 50.5 Å². The van der Waals surface area contributed by atoms with Crippen LogP contribution < -0.4 is 19.7 Å². The monoisotopic (exact) mass is 373 g/mol. The minimum absolute atomic E-state index is 0.138. The number of hydrogen-bond acceptors (Lipinski definition) is 6. The maximum Gasteiger partial charge on any atom is 0.164 e. The highest BCUT2D eigenvalue weighted by atomic mass is 19.1. The number of nitrogens with one attached hydrogen (secondary N) is 1. The Morgan fingerprint density at radius 1 is 1.33 bits per heavy atom. The van der Waals surface area contributed by atoms with Crippen molar-refractivity contribution < 1.29 is 18.6 Å². The normalized spacial score (nSPS) is 21.9.